The van der Waals surface area contributed by atoms with Crippen molar-refractivity contribution in [1.82, 2.24) is 9.97 Å². The van der Waals surface area contributed by atoms with Crippen molar-refractivity contribution in [2.75, 3.05) is 11.1 Å². The number of nitrogens with two attached hydrogens (primary N) is 1. The Kier molecular flexibility index (Phi) is 3.47. The minimum atomic E-state index is -0.115. The maximum Gasteiger partial charge on any atom is 0.230 e. The van der Waals surface area contributed by atoms with E-state index in [1.165, 1.54) is 0 Å². The smallest absolute Gasteiger partial charge is 0.230 e. The highest BCUT2D eigenvalue weighted by Crippen LogP contribution is 2.17. The Morgan fingerprint density at radius 2 is 2.05 bits per heavy atom. The van der Waals surface area contributed by atoms with Gasteiger partial charge in [-0.15, -0.1) is 0 Å². The summed E-state index contributed by atoms with van der Waals surface area (Å²) in [5.74, 6) is -0.115. The van der Waals surface area contributed by atoms with Crippen LogP contribution in [0.25, 0.3) is 10.9 Å². The second kappa shape index (κ2) is 5.58. The first-order chi connectivity index (χ1) is 10.2. The first-order valence-corrected chi connectivity index (χ1v) is 6.56. The van der Waals surface area contributed by atoms with Crippen LogP contribution >= 0.6 is 0 Å². The summed E-state index contributed by atoms with van der Waals surface area (Å²) in [5.41, 5.74) is 8.48. The van der Waals surface area contributed by atoms with Gasteiger partial charge in [0, 0.05) is 23.0 Å². The topological polar surface area (TPSA) is 80.9 Å². The molecule has 0 spiro atoms. The Labute approximate surface area is 121 Å². The van der Waals surface area contributed by atoms with Crippen LogP contribution < -0.4 is 11.1 Å². The second-order valence-corrected chi connectivity index (χ2v) is 4.72. The first-order valence-electron chi connectivity index (χ1n) is 6.56. The monoisotopic (exact) mass is 278 g/mol. The summed E-state index contributed by atoms with van der Waals surface area (Å²) < 4.78 is 0. The number of aromatic nitrogens is 2. The number of nitrogen functional groups attached to an aromatic ring is 1. The van der Waals surface area contributed by atoms with Crippen molar-refractivity contribution in [3.05, 3.63) is 60.6 Å². The van der Waals surface area contributed by atoms with Gasteiger partial charge < -0.3 is 11.1 Å². The predicted molar refractivity (Wildman–Crippen MR) is 82.7 cm³/mol. The lowest BCUT2D eigenvalue weighted by molar-refractivity contribution is -0.115. The van der Waals surface area contributed by atoms with E-state index in [-0.39, 0.29) is 12.3 Å². The van der Waals surface area contributed by atoms with Gasteiger partial charge in [0.15, 0.2) is 0 Å². The quantitative estimate of drug-likeness (QED) is 0.770. The lowest BCUT2D eigenvalue weighted by atomic mass is 10.2. The van der Waals surface area contributed by atoms with Gasteiger partial charge in [-0.05, 0) is 36.4 Å². The van der Waals surface area contributed by atoms with Crippen LogP contribution in [-0.4, -0.2) is 15.9 Å². The van der Waals surface area contributed by atoms with Crippen LogP contribution in [0.15, 0.2) is 54.9 Å². The van der Waals surface area contributed by atoms with Gasteiger partial charge in [0.1, 0.15) is 0 Å². The summed E-state index contributed by atoms with van der Waals surface area (Å²) in [6, 6.07) is 12.9. The standard InChI is InChI=1S/C16H14N4O/c17-12-3-4-13(19-10-12)9-16(21)20-14-5-6-15-11(8-14)2-1-7-18-15/h1-8,10H,9,17H2,(H,20,21). The van der Waals surface area contributed by atoms with Crippen LogP contribution in [0.3, 0.4) is 0 Å². The molecule has 0 aliphatic rings. The highest BCUT2D eigenvalue weighted by atomic mass is 16.1. The van der Waals surface area contributed by atoms with Gasteiger partial charge in [0.05, 0.1) is 23.8 Å². The predicted octanol–water partition coefficient (Wildman–Crippen LogP) is 2.39. The van der Waals surface area contributed by atoms with Gasteiger partial charge in [0.2, 0.25) is 5.91 Å². The number of hydrogen-bond acceptors (Lipinski definition) is 4. The fourth-order valence-electron chi connectivity index (χ4n) is 2.06. The van der Waals surface area contributed by atoms with E-state index in [9.17, 15) is 4.79 Å². The van der Waals surface area contributed by atoms with E-state index in [0.29, 0.717) is 11.4 Å². The fraction of sp³-hybridized carbons (Fsp3) is 0.0625. The van der Waals surface area contributed by atoms with Crippen LogP contribution in [0.2, 0.25) is 0 Å². The molecule has 5 nitrogen and oxygen atoms in total. The van der Waals surface area contributed by atoms with Gasteiger partial charge in [-0.25, -0.2) is 0 Å². The van der Waals surface area contributed by atoms with Crippen molar-refractivity contribution in [1.29, 1.82) is 0 Å². The molecule has 0 aliphatic heterocycles. The number of anilines is 2. The summed E-state index contributed by atoms with van der Waals surface area (Å²) in [6.07, 6.45) is 3.50. The third kappa shape index (κ3) is 3.14. The summed E-state index contributed by atoms with van der Waals surface area (Å²) in [7, 11) is 0. The highest BCUT2D eigenvalue weighted by Gasteiger charge is 2.06. The second-order valence-electron chi connectivity index (χ2n) is 4.72. The van der Waals surface area contributed by atoms with E-state index >= 15 is 0 Å². The van der Waals surface area contributed by atoms with Crippen LogP contribution in [0.5, 0.6) is 0 Å². The van der Waals surface area contributed by atoms with Crippen LogP contribution in [-0.2, 0) is 11.2 Å². The summed E-state index contributed by atoms with van der Waals surface area (Å²) in [5, 5.41) is 3.85. The van der Waals surface area contributed by atoms with Crippen molar-refractivity contribution in [3.63, 3.8) is 0 Å². The molecule has 1 amide bonds. The number of nitrogens with one attached hydrogen (secondary N) is 1. The molecule has 3 rings (SSSR count). The van der Waals surface area contributed by atoms with E-state index in [2.05, 4.69) is 15.3 Å². The minimum absolute atomic E-state index is 0.115. The van der Waals surface area contributed by atoms with Gasteiger partial charge in [-0.2, -0.15) is 0 Å². The van der Waals surface area contributed by atoms with Crippen LogP contribution in [0, 0.1) is 0 Å². The summed E-state index contributed by atoms with van der Waals surface area (Å²) >= 11 is 0. The normalized spacial score (nSPS) is 10.5. The number of hydrogen-bond donors (Lipinski definition) is 2. The van der Waals surface area contributed by atoms with E-state index in [1.807, 2.05) is 30.3 Å². The molecular formula is C16H14N4O. The number of carbonyl (C=O) groups is 1. The number of pyridine rings is 2. The number of nitrogens with zero attached hydrogens (tertiary/aromatic N) is 2. The first kappa shape index (κ1) is 13.1. The third-order valence-electron chi connectivity index (χ3n) is 3.08. The van der Waals surface area contributed by atoms with Gasteiger partial charge in [-0.1, -0.05) is 6.07 Å². The Balaban J connectivity index is 1.72. The number of carbonyl (C=O) groups excluding carboxylic acids is 1. The lowest BCUT2D eigenvalue weighted by Gasteiger charge is -2.06. The van der Waals surface area contributed by atoms with Crippen molar-refractivity contribution in [2.24, 2.45) is 0 Å². The van der Waals surface area contributed by atoms with E-state index in [4.69, 9.17) is 5.73 Å². The molecule has 21 heavy (non-hydrogen) atoms. The molecule has 0 saturated heterocycles. The SMILES string of the molecule is Nc1ccc(CC(=O)Nc2ccc3ncccc3c2)nc1. The maximum absolute atomic E-state index is 12.0. The molecule has 0 bridgehead atoms. The zero-order valence-electron chi connectivity index (χ0n) is 11.3. The summed E-state index contributed by atoms with van der Waals surface area (Å²) in [6.45, 7) is 0. The van der Waals surface area contributed by atoms with E-state index < -0.39 is 0 Å². The van der Waals surface area contributed by atoms with E-state index in [1.54, 1.807) is 24.5 Å². The average Bonchev–Trinajstić information content (AvgIpc) is 2.49. The molecule has 0 radical (unpaired) electrons. The van der Waals surface area contributed by atoms with Crippen molar-refractivity contribution < 1.29 is 4.79 Å². The Bertz CT molecular complexity index is 784. The molecule has 1 aromatic carbocycles. The maximum atomic E-state index is 12.0. The molecule has 104 valence electrons. The minimum Gasteiger partial charge on any atom is -0.397 e. The van der Waals surface area contributed by atoms with Gasteiger partial charge in [-0.3, -0.25) is 14.8 Å². The molecule has 3 aromatic rings. The largest absolute Gasteiger partial charge is 0.397 e. The van der Waals surface area contributed by atoms with Crippen LogP contribution in [0.4, 0.5) is 11.4 Å². The molecule has 0 unspecified atom stereocenters. The molecule has 0 aliphatic carbocycles. The third-order valence-corrected chi connectivity index (χ3v) is 3.08. The number of amides is 1. The molecule has 0 fully saturated rings. The molecule has 2 heterocycles. The zero-order valence-corrected chi connectivity index (χ0v) is 11.3. The van der Waals surface area contributed by atoms with Crippen molar-refractivity contribution in [2.45, 2.75) is 6.42 Å². The fourth-order valence-corrected chi connectivity index (χ4v) is 2.06. The molecule has 3 N–H and O–H groups in total. The average molecular weight is 278 g/mol. The molecule has 0 saturated carbocycles. The van der Waals surface area contributed by atoms with E-state index in [0.717, 1.165) is 16.6 Å². The summed E-state index contributed by atoms with van der Waals surface area (Å²) in [4.78, 5) is 20.4. The number of benzene rings is 1. The van der Waals surface area contributed by atoms with Gasteiger partial charge >= 0.3 is 0 Å². The van der Waals surface area contributed by atoms with Gasteiger partial charge in [0.25, 0.3) is 0 Å². The van der Waals surface area contributed by atoms with Crippen LogP contribution in [0.1, 0.15) is 5.69 Å². The zero-order chi connectivity index (χ0) is 14.7. The number of fused-ring (bicyclic) bond motifs is 1. The van der Waals surface area contributed by atoms with Crippen molar-refractivity contribution >= 4 is 28.2 Å². The molecule has 0 atom stereocenters. The Morgan fingerprint density at radius 3 is 2.86 bits per heavy atom. The highest BCUT2D eigenvalue weighted by molar-refractivity contribution is 5.94. The Morgan fingerprint density at radius 1 is 1.14 bits per heavy atom. The molecular weight excluding hydrogens is 264 g/mol. The molecule has 5 heteroatoms. The molecule has 2 aromatic heterocycles. The lowest BCUT2D eigenvalue weighted by Crippen LogP contribution is -2.15. The Hall–Kier alpha value is -2.95. The van der Waals surface area contributed by atoms with Crippen molar-refractivity contribution in [3.8, 4) is 0 Å². The number of rotatable bonds is 3.